The van der Waals surface area contributed by atoms with Crippen molar-refractivity contribution in [2.75, 3.05) is 6.61 Å². The molecule has 2 bridgehead atoms. The van der Waals surface area contributed by atoms with Gasteiger partial charge < -0.3 is 4.74 Å². The maximum absolute atomic E-state index is 13.3. The lowest BCUT2D eigenvalue weighted by Crippen LogP contribution is -2.19. The van der Waals surface area contributed by atoms with Gasteiger partial charge >= 0.3 is 0 Å². The number of Topliss-reactive ketones (excluding diaryl/α,β-unsaturated/α-hetero) is 1. The van der Waals surface area contributed by atoms with E-state index in [1.807, 2.05) is 0 Å². The van der Waals surface area contributed by atoms with Gasteiger partial charge in [0.15, 0.2) is 5.78 Å². The van der Waals surface area contributed by atoms with Crippen LogP contribution < -0.4 is 4.74 Å². The molecular formula is C16H19FO2. The van der Waals surface area contributed by atoms with Gasteiger partial charge in [-0.1, -0.05) is 6.42 Å². The molecule has 1 aromatic carbocycles. The van der Waals surface area contributed by atoms with Crippen LogP contribution in [0.4, 0.5) is 4.39 Å². The number of hydrogen-bond acceptors (Lipinski definition) is 2. The summed E-state index contributed by atoms with van der Waals surface area (Å²) in [5.41, 5.74) is 0.476. The molecule has 0 N–H and O–H groups in total. The van der Waals surface area contributed by atoms with Gasteiger partial charge in [0.05, 0.1) is 12.2 Å². The molecule has 3 heteroatoms. The zero-order valence-electron chi connectivity index (χ0n) is 11.2. The molecule has 0 saturated heterocycles. The topological polar surface area (TPSA) is 26.3 Å². The second kappa shape index (κ2) is 4.95. The first-order valence-corrected chi connectivity index (χ1v) is 7.07. The molecule has 102 valence electrons. The molecule has 3 unspecified atom stereocenters. The fraction of sp³-hybridized carbons (Fsp3) is 0.562. The molecule has 2 saturated carbocycles. The zero-order valence-corrected chi connectivity index (χ0v) is 11.2. The summed E-state index contributed by atoms with van der Waals surface area (Å²) in [4.78, 5) is 11.5. The van der Waals surface area contributed by atoms with E-state index < -0.39 is 0 Å². The van der Waals surface area contributed by atoms with Crippen LogP contribution in [-0.4, -0.2) is 12.4 Å². The van der Waals surface area contributed by atoms with E-state index in [2.05, 4.69) is 0 Å². The van der Waals surface area contributed by atoms with Crippen molar-refractivity contribution in [1.29, 1.82) is 0 Å². The molecule has 3 rings (SSSR count). The Balaban J connectivity index is 1.69. The summed E-state index contributed by atoms with van der Waals surface area (Å²) in [5.74, 6) is 2.20. The van der Waals surface area contributed by atoms with Crippen molar-refractivity contribution >= 4 is 5.78 Å². The summed E-state index contributed by atoms with van der Waals surface area (Å²) in [6, 6.07) is 4.14. The first kappa shape index (κ1) is 12.6. The van der Waals surface area contributed by atoms with Crippen LogP contribution in [0.1, 0.15) is 43.0 Å². The summed E-state index contributed by atoms with van der Waals surface area (Å²) in [6.45, 7) is 2.10. The predicted octanol–water partition coefficient (Wildman–Crippen LogP) is 3.84. The molecule has 0 heterocycles. The highest BCUT2D eigenvalue weighted by Crippen LogP contribution is 2.48. The zero-order chi connectivity index (χ0) is 13.4. The molecule has 2 fully saturated rings. The standard InChI is InChI=1S/C16H19FO2/c1-10(18)15-5-4-14(17)8-16(15)19-9-13-7-11-2-3-12(13)6-11/h4-5,8,11-13H,2-3,6-7,9H2,1H3. The Labute approximate surface area is 113 Å². The van der Waals surface area contributed by atoms with Crippen LogP contribution in [0.3, 0.4) is 0 Å². The summed E-state index contributed by atoms with van der Waals surface area (Å²) >= 11 is 0. The molecule has 19 heavy (non-hydrogen) atoms. The number of rotatable bonds is 4. The Kier molecular flexibility index (Phi) is 3.29. The van der Waals surface area contributed by atoms with Crippen LogP contribution in [0.2, 0.25) is 0 Å². The minimum Gasteiger partial charge on any atom is -0.492 e. The number of benzene rings is 1. The summed E-state index contributed by atoms with van der Waals surface area (Å²) < 4.78 is 19.0. The number of ether oxygens (including phenoxy) is 1. The first-order chi connectivity index (χ1) is 9.13. The Morgan fingerprint density at radius 3 is 2.84 bits per heavy atom. The lowest BCUT2D eigenvalue weighted by atomic mass is 9.89. The average Bonchev–Trinajstić information content (AvgIpc) is 2.98. The molecule has 0 aromatic heterocycles. The van der Waals surface area contributed by atoms with Crippen LogP contribution in [0.5, 0.6) is 5.75 Å². The van der Waals surface area contributed by atoms with E-state index in [0.29, 0.717) is 23.8 Å². The van der Waals surface area contributed by atoms with E-state index in [0.717, 1.165) is 11.8 Å². The average molecular weight is 262 g/mol. The highest BCUT2D eigenvalue weighted by Gasteiger charge is 2.39. The van der Waals surface area contributed by atoms with Gasteiger partial charge in [0.2, 0.25) is 0 Å². The van der Waals surface area contributed by atoms with E-state index in [4.69, 9.17) is 4.74 Å². The van der Waals surface area contributed by atoms with Gasteiger partial charge in [0.25, 0.3) is 0 Å². The lowest BCUT2D eigenvalue weighted by molar-refractivity contribution is 0.101. The number of halogens is 1. The molecule has 0 amide bonds. The minimum absolute atomic E-state index is 0.0806. The van der Waals surface area contributed by atoms with Crippen molar-refractivity contribution in [3.8, 4) is 5.75 Å². The highest BCUT2D eigenvalue weighted by atomic mass is 19.1. The first-order valence-electron chi connectivity index (χ1n) is 7.07. The van der Waals surface area contributed by atoms with Crippen LogP contribution in [-0.2, 0) is 0 Å². The van der Waals surface area contributed by atoms with Crippen molar-refractivity contribution in [3.05, 3.63) is 29.6 Å². The Morgan fingerprint density at radius 2 is 2.21 bits per heavy atom. The third-order valence-corrected chi connectivity index (χ3v) is 4.66. The minimum atomic E-state index is -0.354. The number of hydrogen-bond donors (Lipinski definition) is 0. The number of carbonyl (C=O) groups excluding carboxylic acids is 1. The molecule has 3 atom stereocenters. The second-order valence-corrected chi connectivity index (χ2v) is 5.94. The lowest BCUT2D eigenvalue weighted by Gasteiger charge is -2.22. The number of ketones is 1. The fourth-order valence-corrected chi connectivity index (χ4v) is 3.68. The SMILES string of the molecule is CC(=O)c1ccc(F)cc1OCC1CC2CCC1C2. The molecule has 2 aliphatic rings. The quantitative estimate of drug-likeness (QED) is 0.770. The van der Waals surface area contributed by atoms with Gasteiger partial charge in [-0.15, -0.1) is 0 Å². The molecule has 1 aromatic rings. The summed E-state index contributed by atoms with van der Waals surface area (Å²) in [7, 11) is 0. The van der Waals surface area contributed by atoms with Crippen molar-refractivity contribution in [1.82, 2.24) is 0 Å². The van der Waals surface area contributed by atoms with Crippen LogP contribution in [0.15, 0.2) is 18.2 Å². The smallest absolute Gasteiger partial charge is 0.163 e. The van der Waals surface area contributed by atoms with E-state index in [-0.39, 0.29) is 11.6 Å². The molecule has 0 aliphatic heterocycles. The maximum atomic E-state index is 13.3. The Bertz CT molecular complexity index is 498. The Morgan fingerprint density at radius 1 is 1.37 bits per heavy atom. The number of carbonyl (C=O) groups is 1. The monoisotopic (exact) mass is 262 g/mol. The Hall–Kier alpha value is -1.38. The van der Waals surface area contributed by atoms with Gasteiger partial charge in [-0.05, 0) is 56.1 Å². The highest BCUT2D eigenvalue weighted by molar-refractivity contribution is 5.96. The van der Waals surface area contributed by atoms with Crippen molar-refractivity contribution in [3.63, 3.8) is 0 Å². The van der Waals surface area contributed by atoms with E-state index in [1.165, 1.54) is 50.8 Å². The number of fused-ring (bicyclic) bond motifs is 2. The maximum Gasteiger partial charge on any atom is 0.163 e. The molecular weight excluding hydrogens is 243 g/mol. The largest absolute Gasteiger partial charge is 0.492 e. The van der Waals surface area contributed by atoms with Gasteiger partial charge in [-0.25, -0.2) is 4.39 Å². The molecule has 0 radical (unpaired) electrons. The van der Waals surface area contributed by atoms with E-state index in [1.54, 1.807) is 0 Å². The van der Waals surface area contributed by atoms with Gasteiger partial charge in [0, 0.05) is 6.07 Å². The van der Waals surface area contributed by atoms with Crippen LogP contribution in [0.25, 0.3) is 0 Å². The predicted molar refractivity (Wildman–Crippen MR) is 70.8 cm³/mol. The van der Waals surface area contributed by atoms with E-state index in [9.17, 15) is 9.18 Å². The van der Waals surface area contributed by atoms with Crippen molar-refractivity contribution < 1.29 is 13.9 Å². The van der Waals surface area contributed by atoms with Crippen LogP contribution >= 0.6 is 0 Å². The summed E-state index contributed by atoms with van der Waals surface area (Å²) in [5, 5.41) is 0. The molecule has 2 aliphatic carbocycles. The normalized spacial score (nSPS) is 28.6. The van der Waals surface area contributed by atoms with Crippen LogP contribution in [0, 0.1) is 23.6 Å². The van der Waals surface area contributed by atoms with Gasteiger partial charge in [0.1, 0.15) is 11.6 Å². The van der Waals surface area contributed by atoms with Crippen molar-refractivity contribution in [2.45, 2.75) is 32.6 Å². The second-order valence-electron chi connectivity index (χ2n) is 5.94. The van der Waals surface area contributed by atoms with Gasteiger partial charge in [-0.2, -0.15) is 0 Å². The van der Waals surface area contributed by atoms with Gasteiger partial charge in [-0.3, -0.25) is 4.79 Å². The van der Waals surface area contributed by atoms with E-state index >= 15 is 0 Å². The fourth-order valence-electron chi connectivity index (χ4n) is 3.68. The summed E-state index contributed by atoms with van der Waals surface area (Å²) in [6.07, 6.45) is 5.23. The third-order valence-electron chi connectivity index (χ3n) is 4.66. The molecule has 2 nitrogen and oxygen atoms in total. The third kappa shape index (κ3) is 2.51. The van der Waals surface area contributed by atoms with Crippen molar-refractivity contribution in [2.24, 2.45) is 17.8 Å². The molecule has 0 spiro atoms.